The second kappa shape index (κ2) is 5.07. The van der Waals surface area contributed by atoms with Crippen molar-refractivity contribution in [3.05, 3.63) is 59.0 Å². The lowest BCUT2D eigenvalue weighted by Crippen LogP contribution is -2.04. The van der Waals surface area contributed by atoms with Gasteiger partial charge in [0.15, 0.2) is 0 Å². The van der Waals surface area contributed by atoms with Gasteiger partial charge in [0.1, 0.15) is 6.10 Å². The molecular weight excluding hydrogens is 256 g/mol. The summed E-state index contributed by atoms with van der Waals surface area (Å²) in [6.07, 6.45) is 3.30. The zero-order valence-electron chi connectivity index (χ0n) is 10.6. The Balaban J connectivity index is 1.86. The quantitative estimate of drug-likeness (QED) is 0.794. The molecule has 0 amide bonds. The number of nitrogens with zero attached hydrogens (tertiary/aromatic N) is 2. The van der Waals surface area contributed by atoms with Crippen LogP contribution in [0.5, 0.6) is 0 Å². The van der Waals surface area contributed by atoms with Crippen molar-refractivity contribution < 1.29 is 5.11 Å². The van der Waals surface area contributed by atoms with Gasteiger partial charge in [-0.05, 0) is 29.3 Å². The van der Waals surface area contributed by atoms with Gasteiger partial charge in [-0.1, -0.05) is 18.2 Å². The lowest BCUT2D eigenvalue weighted by Gasteiger charge is -2.09. The van der Waals surface area contributed by atoms with Crippen LogP contribution in [0.15, 0.2) is 42.0 Å². The first-order valence-electron chi connectivity index (χ1n) is 6.16. The molecule has 2 aromatic heterocycles. The highest BCUT2D eigenvalue weighted by molar-refractivity contribution is 7.17. The largest absolute Gasteiger partial charge is 0.386 e. The van der Waals surface area contributed by atoms with Crippen LogP contribution in [0.2, 0.25) is 0 Å². The molecule has 3 rings (SSSR count). The number of aryl methyl sites for hydroxylation is 1. The van der Waals surface area contributed by atoms with E-state index in [0.717, 1.165) is 11.3 Å². The minimum atomic E-state index is -0.605. The monoisotopic (exact) mass is 270 g/mol. The Morgan fingerprint density at radius 3 is 2.84 bits per heavy atom. The van der Waals surface area contributed by atoms with E-state index >= 15 is 0 Å². The smallest absolute Gasteiger partial charge is 0.102 e. The lowest BCUT2D eigenvalue weighted by atomic mass is 10.1. The molecule has 19 heavy (non-hydrogen) atoms. The van der Waals surface area contributed by atoms with Crippen molar-refractivity contribution in [2.24, 2.45) is 0 Å². The van der Waals surface area contributed by atoms with Gasteiger partial charge in [0.2, 0.25) is 0 Å². The maximum Gasteiger partial charge on any atom is 0.102 e. The summed E-state index contributed by atoms with van der Waals surface area (Å²) in [6, 6.07) is 8.25. The molecule has 3 aromatic rings. The number of thiophene rings is 1. The molecule has 1 unspecified atom stereocenters. The van der Waals surface area contributed by atoms with E-state index in [9.17, 15) is 5.11 Å². The fourth-order valence-electron chi connectivity index (χ4n) is 2.08. The van der Waals surface area contributed by atoms with Crippen LogP contribution in [0.25, 0.3) is 10.1 Å². The average molecular weight is 270 g/mol. The van der Waals surface area contributed by atoms with E-state index in [0.29, 0.717) is 12.1 Å². The maximum absolute atomic E-state index is 10.2. The standard InChI is InChI=1S/C15H14N2OS/c1-10-7-17-13(8-16-10)14(18)6-11-9-19-15-5-3-2-4-12(11)15/h2-5,7-9,14,18H,6H2,1H3. The van der Waals surface area contributed by atoms with E-state index in [2.05, 4.69) is 27.5 Å². The van der Waals surface area contributed by atoms with Crippen molar-refractivity contribution in [3.63, 3.8) is 0 Å². The Labute approximate surface area is 115 Å². The zero-order valence-corrected chi connectivity index (χ0v) is 11.4. The van der Waals surface area contributed by atoms with E-state index in [4.69, 9.17) is 0 Å². The second-order valence-electron chi connectivity index (χ2n) is 4.56. The van der Waals surface area contributed by atoms with Crippen LogP contribution < -0.4 is 0 Å². The number of rotatable bonds is 3. The maximum atomic E-state index is 10.2. The highest BCUT2D eigenvalue weighted by atomic mass is 32.1. The molecule has 1 N–H and O–H groups in total. The normalized spacial score (nSPS) is 12.7. The van der Waals surface area contributed by atoms with Crippen molar-refractivity contribution in [2.75, 3.05) is 0 Å². The Kier molecular flexibility index (Phi) is 3.27. The third-order valence-electron chi connectivity index (χ3n) is 3.12. The Hall–Kier alpha value is -1.78. The number of aromatic nitrogens is 2. The van der Waals surface area contributed by atoms with Crippen molar-refractivity contribution in [1.82, 2.24) is 9.97 Å². The van der Waals surface area contributed by atoms with Crippen LogP contribution >= 0.6 is 11.3 Å². The van der Waals surface area contributed by atoms with E-state index in [1.54, 1.807) is 23.7 Å². The summed E-state index contributed by atoms with van der Waals surface area (Å²) in [6.45, 7) is 1.88. The summed E-state index contributed by atoms with van der Waals surface area (Å²) < 4.78 is 1.25. The molecule has 4 heteroatoms. The SMILES string of the molecule is Cc1cnc(C(O)Cc2csc3ccccc23)cn1. The molecule has 0 aliphatic heterocycles. The summed E-state index contributed by atoms with van der Waals surface area (Å²) in [5.74, 6) is 0. The summed E-state index contributed by atoms with van der Waals surface area (Å²) in [4.78, 5) is 8.40. The zero-order chi connectivity index (χ0) is 13.2. The van der Waals surface area contributed by atoms with E-state index < -0.39 is 6.10 Å². The predicted molar refractivity (Wildman–Crippen MR) is 77.3 cm³/mol. The number of fused-ring (bicyclic) bond motifs is 1. The van der Waals surface area contributed by atoms with Crippen LogP contribution in [-0.2, 0) is 6.42 Å². The molecule has 1 aromatic carbocycles. The fourth-order valence-corrected chi connectivity index (χ4v) is 3.05. The van der Waals surface area contributed by atoms with Crippen LogP contribution in [-0.4, -0.2) is 15.1 Å². The second-order valence-corrected chi connectivity index (χ2v) is 5.47. The molecule has 0 radical (unpaired) electrons. The van der Waals surface area contributed by atoms with Gasteiger partial charge >= 0.3 is 0 Å². The third-order valence-corrected chi connectivity index (χ3v) is 4.13. The van der Waals surface area contributed by atoms with Crippen molar-refractivity contribution >= 4 is 21.4 Å². The van der Waals surface area contributed by atoms with Gasteiger partial charge in [-0.3, -0.25) is 9.97 Å². The molecular formula is C15H14N2OS. The van der Waals surface area contributed by atoms with Gasteiger partial charge in [-0.25, -0.2) is 0 Å². The predicted octanol–water partition coefficient (Wildman–Crippen LogP) is 3.28. The van der Waals surface area contributed by atoms with Gasteiger partial charge in [-0.15, -0.1) is 11.3 Å². The van der Waals surface area contributed by atoms with Gasteiger partial charge in [0.05, 0.1) is 17.6 Å². The van der Waals surface area contributed by atoms with Gasteiger partial charge in [0.25, 0.3) is 0 Å². The molecule has 0 aliphatic rings. The van der Waals surface area contributed by atoms with Crippen LogP contribution in [0.1, 0.15) is 23.1 Å². The first kappa shape index (κ1) is 12.3. The van der Waals surface area contributed by atoms with Gasteiger partial charge < -0.3 is 5.11 Å². The molecule has 0 saturated carbocycles. The number of hydrogen-bond acceptors (Lipinski definition) is 4. The molecule has 3 nitrogen and oxygen atoms in total. The molecule has 1 atom stereocenters. The Bertz CT molecular complexity index is 691. The molecule has 0 aliphatic carbocycles. The first-order chi connectivity index (χ1) is 9.24. The first-order valence-corrected chi connectivity index (χ1v) is 7.04. The molecule has 0 fully saturated rings. The highest BCUT2D eigenvalue weighted by Gasteiger charge is 2.13. The van der Waals surface area contributed by atoms with Crippen LogP contribution in [0.4, 0.5) is 0 Å². The van der Waals surface area contributed by atoms with E-state index in [-0.39, 0.29) is 0 Å². The van der Waals surface area contributed by atoms with E-state index in [1.807, 2.05) is 19.1 Å². The van der Waals surface area contributed by atoms with E-state index in [1.165, 1.54) is 10.1 Å². The summed E-state index contributed by atoms with van der Waals surface area (Å²) in [7, 11) is 0. The molecule has 96 valence electrons. The molecule has 2 heterocycles. The van der Waals surface area contributed by atoms with Crippen LogP contribution in [0, 0.1) is 6.92 Å². The minimum absolute atomic E-state index is 0.571. The molecule has 0 spiro atoms. The van der Waals surface area contributed by atoms with Gasteiger partial charge in [-0.2, -0.15) is 0 Å². The summed E-state index contributed by atoms with van der Waals surface area (Å²) in [5, 5.41) is 13.6. The Morgan fingerprint density at radius 2 is 2.05 bits per heavy atom. The van der Waals surface area contributed by atoms with Crippen molar-refractivity contribution in [2.45, 2.75) is 19.4 Å². The number of benzene rings is 1. The topological polar surface area (TPSA) is 46.0 Å². The number of aliphatic hydroxyl groups excluding tert-OH is 1. The number of hydrogen-bond donors (Lipinski definition) is 1. The van der Waals surface area contributed by atoms with Gasteiger partial charge in [0, 0.05) is 17.3 Å². The Morgan fingerprint density at radius 1 is 1.21 bits per heavy atom. The summed E-state index contributed by atoms with van der Waals surface area (Å²) >= 11 is 1.71. The average Bonchev–Trinajstić information content (AvgIpc) is 2.83. The highest BCUT2D eigenvalue weighted by Crippen LogP contribution is 2.28. The third kappa shape index (κ3) is 2.50. The van der Waals surface area contributed by atoms with Crippen LogP contribution in [0.3, 0.4) is 0 Å². The lowest BCUT2D eigenvalue weighted by molar-refractivity contribution is 0.173. The minimum Gasteiger partial charge on any atom is -0.386 e. The summed E-state index contributed by atoms with van der Waals surface area (Å²) in [5.41, 5.74) is 2.65. The number of aliphatic hydroxyl groups is 1. The van der Waals surface area contributed by atoms with Crippen molar-refractivity contribution in [1.29, 1.82) is 0 Å². The fraction of sp³-hybridized carbons (Fsp3) is 0.200. The molecule has 0 bridgehead atoms. The van der Waals surface area contributed by atoms with Crippen molar-refractivity contribution in [3.8, 4) is 0 Å². The molecule has 0 saturated heterocycles.